The van der Waals surface area contributed by atoms with Gasteiger partial charge in [-0.15, -0.1) is 0 Å². The van der Waals surface area contributed by atoms with Gasteiger partial charge in [0, 0.05) is 12.1 Å². The van der Waals surface area contributed by atoms with Crippen molar-refractivity contribution in [2.45, 2.75) is 19.3 Å². The molecular formula is C11H13NO. The number of carbonyl (C=O) groups is 1. The largest absolute Gasteiger partial charge is 0.359 e. The molecule has 0 spiro atoms. The number of H-pyrrole nitrogens is 1. The normalized spacial score (nSPS) is 35.8. The van der Waals surface area contributed by atoms with Gasteiger partial charge in [-0.25, -0.2) is 0 Å². The summed E-state index contributed by atoms with van der Waals surface area (Å²) >= 11 is 0. The lowest BCUT2D eigenvalue weighted by Gasteiger charge is -1.99. The van der Waals surface area contributed by atoms with Crippen LogP contribution in [0.2, 0.25) is 0 Å². The number of hydrogen-bond donors (Lipinski definition) is 1. The van der Waals surface area contributed by atoms with Crippen LogP contribution in [0.3, 0.4) is 0 Å². The lowest BCUT2D eigenvalue weighted by atomic mass is 10.1. The fourth-order valence-corrected chi connectivity index (χ4v) is 2.87. The monoisotopic (exact) mass is 175 g/mol. The van der Waals surface area contributed by atoms with E-state index in [9.17, 15) is 4.79 Å². The Bertz CT molecular complexity index is 318. The van der Waals surface area contributed by atoms with Crippen LogP contribution in [0.25, 0.3) is 0 Å². The van der Waals surface area contributed by atoms with Crippen LogP contribution >= 0.6 is 0 Å². The second-order valence-electron chi connectivity index (χ2n) is 4.23. The summed E-state index contributed by atoms with van der Waals surface area (Å²) < 4.78 is 0. The fourth-order valence-electron chi connectivity index (χ4n) is 2.87. The Labute approximate surface area is 77.3 Å². The number of fused-ring (bicyclic) bond motifs is 1. The fraction of sp³-hybridized carbons (Fsp3) is 0.545. The standard InChI is InChI=1S/C11H13NO/c13-11(9-5-2-6-12-9)10-7-3-1-4-8(7)10/h2,5-8,10,12H,1,3-4H2. The van der Waals surface area contributed by atoms with Crippen LogP contribution < -0.4 is 0 Å². The van der Waals surface area contributed by atoms with Crippen molar-refractivity contribution in [1.82, 2.24) is 4.98 Å². The lowest BCUT2D eigenvalue weighted by molar-refractivity contribution is 0.0947. The molecule has 2 atom stereocenters. The molecular weight excluding hydrogens is 162 g/mol. The van der Waals surface area contributed by atoms with Gasteiger partial charge in [0.15, 0.2) is 5.78 Å². The van der Waals surface area contributed by atoms with E-state index in [0.717, 1.165) is 17.5 Å². The average Bonchev–Trinajstić information content (AvgIpc) is 2.68. The first-order valence-corrected chi connectivity index (χ1v) is 5.05. The molecule has 2 aliphatic carbocycles. The summed E-state index contributed by atoms with van der Waals surface area (Å²) in [5.41, 5.74) is 0.805. The molecule has 1 N–H and O–H groups in total. The second-order valence-corrected chi connectivity index (χ2v) is 4.23. The van der Waals surface area contributed by atoms with E-state index in [0.29, 0.717) is 11.7 Å². The predicted octanol–water partition coefficient (Wildman–Crippen LogP) is 2.24. The van der Waals surface area contributed by atoms with Crippen molar-refractivity contribution in [3.8, 4) is 0 Å². The minimum atomic E-state index is 0.347. The third-order valence-electron chi connectivity index (χ3n) is 3.57. The van der Waals surface area contributed by atoms with Gasteiger partial charge < -0.3 is 4.98 Å². The highest BCUT2D eigenvalue weighted by Crippen LogP contribution is 2.58. The number of nitrogens with one attached hydrogen (secondary N) is 1. The molecule has 0 aliphatic heterocycles. The van der Waals surface area contributed by atoms with Crippen molar-refractivity contribution in [1.29, 1.82) is 0 Å². The second kappa shape index (κ2) is 2.47. The van der Waals surface area contributed by atoms with Gasteiger partial charge >= 0.3 is 0 Å². The molecule has 68 valence electrons. The minimum absolute atomic E-state index is 0.347. The van der Waals surface area contributed by atoms with Gasteiger partial charge in [-0.1, -0.05) is 6.42 Å². The van der Waals surface area contributed by atoms with Crippen LogP contribution in [0.15, 0.2) is 18.3 Å². The first-order chi connectivity index (χ1) is 6.38. The first-order valence-electron chi connectivity index (χ1n) is 5.05. The smallest absolute Gasteiger partial charge is 0.182 e. The zero-order chi connectivity index (χ0) is 8.84. The molecule has 0 aromatic carbocycles. The molecule has 2 heteroatoms. The number of aromatic amines is 1. The Morgan fingerprint density at radius 2 is 2.15 bits per heavy atom. The van der Waals surface area contributed by atoms with E-state index in [2.05, 4.69) is 4.98 Å². The average molecular weight is 175 g/mol. The number of Topliss-reactive ketones (excluding diaryl/α,β-unsaturated/α-hetero) is 1. The quantitative estimate of drug-likeness (QED) is 0.687. The first kappa shape index (κ1) is 7.36. The molecule has 0 saturated heterocycles. The summed E-state index contributed by atoms with van der Waals surface area (Å²) in [6.45, 7) is 0. The Morgan fingerprint density at radius 1 is 1.38 bits per heavy atom. The zero-order valence-corrected chi connectivity index (χ0v) is 7.49. The highest BCUT2D eigenvalue weighted by Gasteiger charge is 2.56. The van der Waals surface area contributed by atoms with Gasteiger partial charge in [-0.2, -0.15) is 0 Å². The van der Waals surface area contributed by atoms with E-state index in [1.165, 1.54) is 19.3 Å². The Kier molecular flexibility index (Phi) is 1.40. The number of ketones is 1. The minimum Gasteiger partial charge on any atom is -0.359 e. The Morgan fingerprint density at radius 3 is 2.77 bits per heavy atom. The summed E-state index contributed by atoms with van der Waals surface area (Å²) in [7, 11) is 0. The van der Waals surface area contributed by atoms with Crippen LogP contribution in [0.5, 0.6) is 0 Å². The molecule has 2 unspecified atom stereocenters. The summed E-state index contributed by atoms with van der Waals surface area (Å²) in [5, 5.41) is 0. The van der Waals surface area contributed by atoms with Gasteiger partial charge in [0.25, 0.3) is 0 Å². The summed E-state index contributed by atoms with van der Waals surface area (Å²) in [5.74, 6) is 2.18. The van der Waals surface area contributed by atoms with E-state index in [-0.39, 0.29) is 0 Å². The van der Waals surface area contributed by atoms with Gasteiger partial charge in [-0.05, 0) is 36.8 Å². The van der Waals surface area contributed by atoms with Crippen molar-refractivity contribution in [2.24, 2.45) is 17.8 Å². The molecule has 2 fully saturated rings. The molecule has 1 heterocycles. The zero-order valence-electron chi connectivity index (χ0n) is 7.49. The van der Waals surface area contributed by atoms with E-state index < -0.39 is 0 Å². The van der Waals surface area contributed by atoms with Crippen LogP contribution in [-0.4, -0.2) is 10.8 Å². The van der Waals surface area contributed by atoms with Crippen molar-refractivity contribution >= 4 is 5.78 Å². The van der Waals surface area contributed by atoms with Crippen LogP contribution in [0.4, 0.5) is 0 Å². The van der Waals surface area contributed by atoms with Crippen molar-refractivity contribution in [3.05, 3.63) is 24.0 Å². The molecule has 2 saturated carbocycles. The molecule has 3 rings (SSSR count). The van der Waals surface area contributed by atoms with Crippen LogP contribution in [0, 0.1) is 17.8 Å². The Hall–Kier alpha value is -1.05. The van der Waals surface area contributed by atoms with E-state index in [4.69, 9.17) is 0 Å². The van der Waals surface area contributed by atoms with Crippen LogP contribution in [-0.2, 0) is 0 Å². The lowest BCUT2D eigenvalue weighted by Crippen LogP contribution is -2.06. The van der Waals surface area contributed by atoms with Crippen LogP contribution in [0.1, 0.15) is 29.8 Å². The molecule has 0 radical (unpaired) electrons. The van der Waals surface area contributed by atoms with E-state index in [1.807, 2.05) is 18.3 Å². The highest BCUT2D eigenvalue weighted by molar-refractivity contribution is 5.98. The molecule has 0 amide bonds. The van der Waals surface area contributed by atoms with Gasteiger partial charge in [0.2, 0.25) is 0 Å². The molecule has 13 heavy (non-hydrogen) atoms. The van der Waals surface area contributed by atoms with Crippen molar-refractivity contribution < 1.29 is 4.79 Å². The predicted molar refractivity (Wildman–Crippen MR) is 49.4 cm³/mol. The number of rotatable bonds is 2. The summed E-state index contributed by atoms with van der Waals surface area (Å²) in [6.07, 6.45) is 5.72. The summed E-state index contributed by atoms with van der Waals surface area (Å²) in [4.78, 5) is 14.8. The molecule has 0 bridgehead atoms. The molecule has 2 aliphatic rings. The van der Waals surface area contributed by atoms with E-state index in [1.54, 1.807) is 0 Å². The topological polar surface area (TPSA) is 32.9 Å². The van der Waals surface area contributed by atoms with Crippen molar-refractivity contribution in [3.63, 3.8) is 0 Å². The van der Waals surface area contributed by atoms with Gasteiger partial charge in [0.05, 0.1) is 5.69 Å². The maximum absolute atomic E-state index is 11.9. The molecule has 1 aromatic rings. The summed E-state index contributed by atoms with van der Waals surface area (Å²) in [6, 6.07) is 3.78. The number of hydrogen-bond acceptors (Lipinski definition) is 1. The maximum Gasteiger partial charge on any atom is 0.182 e. The number of aromatic nitrogens is 1. The highest BCUT2D eigenvalue weighted by atomic mass is 16.1. The Balaban J connectivity index is 1.78. The number of carbonyl (C=O) groups excluding carboxylic acids is 1. The third-order valence-corrected chi connectivity index (χ3v) is 3.57. The third kappa shape index (κ3) is 0.978. The van der Waals surface area contributed by atoms with Gasteiger partial charge in [-0.3, -0.25) is 4.79 Å². The maximum atomic E-state index is 11.9. The van der Waals surface area contributed by atoms with Crippen molar-refractivity contribution in [2.75, 3.05) is 0 Å². The van der Waals surface area contributed by atoms with E-state index >= 15 is 0 Å². The van der Waals surface area contributed by atoms with Gasteiger partial charge in [0.1, 0.15) is 0 Å². The SMILES string of the molecule is O=C(c1ccc[nH]1)C1C2CCCC21. The molecule has 2 nitrogen and oxygen atoms in total. The molecule has 1 aromatic heterocycles.